The molecule has 0 saturated carbocycles. The molecule has 2 N–H and O–H groups in total. The standard InChI is InChI=1S/C10H10O4/c11-9(12)7-5-3-1-2-4-6-8-10(13)14/h5-8H2,(H,11,12)(H,13,14). The third-order valence-corrected chi connectivity index (χ3v) is 1.17. The van der Waals surface area contributed by atoms with Gasteiger partial charge in [-0.15, -0.1) is 0 Å². The summed E-state index contributed by atoms with van der Waals surface area (Å²) < 4.78 is 0. The summed E-state index contributed by atoms with van der Waals surface area (Å²) in [5.41, 5.74) is 0. The zero-order valence-electron chi connectivity index (χ0n) is 7.54. The van der Waals surface area contributed by atoms with Gasteiger partial charge in [-0.05, 0) is 11.8 Å². The van der Waals surface area contributed by atoms with Crippen LogP contribution in [0.25, 0.3) is 0 Å². The monoisotopic (exact) mass is 194 g/mol. The van der Waals surface area contributed by atoms with Crippen molar-refractivity contribution in [3.63, 3.8) is 0 Å². The average Bonchev–Trinajstić information content (AvgIpc) is 2.08. The van der Waals surface area contributed by atoms with E-state index in [9.17, 15) is 9.59 Å². The maximum absolute atomic E-state index is 10.0. The zero-order valence-corrected chi connectivity index (χ0v) is 7.54. The molecule has 0 fully saturated rings. The maximum Gasteiger partial charge on any atom is 0.304 e. The van der Waals surface area contributed by atoms with Gasteiger partial charge >= 0.3 is 11.9 Å². The van der Waals surface area contributed by atoms with E-state index in [0.717, 1.165) is 0 Å². The number of hydrogen-bond acceptors (Lipinski definition) is 2. The van der Waals surface area contributed by atoms with Crippen molar-refractivity contribution in [3.8, 4) is 23.7 Å². The van der Waals surface area contributed by atoms with Crippen LogP contribution in [0.5, 0.6) is 0 Å². The SMILES string of the molecule is O=C(O)CCC#CC#CCCC(=O)O. The lowest BCUT2D eigenvalue weighted by Crippen LogP contribution is -1.91. The van der Waals surface area contributed by atoms with E-state index >= 15 is 0 Å². The highest BCUT2D eigenvalue weighted by Gasteiger charge is 1.91. The fraction of sp³-hybridized carbons (Fsp3) is 0.400. The average molecular weight is 194 g/mol. The van der Waals surface area contributed by atoms with Gasteiger partial charge < -0.3 is 10.2 Å². The highest BCUT2D eigenvalue weighted by Crippen LogP contribution is 1.85. The second-order valence-electron chi connectivity index (χ2n) is 2.39. The van der Waals surface area contributed by atoms with Crippen LogP contribution in [-0.4, -0.2) is 22.2 Å². The van der Waals surface area contributed by atoms with Crippen molar-refractivity contribution >= 4 is 11.9 Å². The smallest absolute Gasteiger partial charge is 0.304 e. The van der Waals surface area contributed by atoms with Crippen LogP contribution in [0.4, 0.5) is 0 Å². The van der Waals surface area contributed by atoms with Crippen molar-refractivity contribution in [1.82, 2.24) is 0 Å². The first kappa shape index (κ1) is 12.1. The molecular formula is C10H10O4. The van der Waals surface area contributed by atoms with Gasteiger partial charge in [0, 0.05) is 12.8 Å². The Balaban J connectivity index is 3.58. The van der Waals surface area contributed by atoms with Crippen LogP contribution in [-0.2, 0) is 9.59 Å². The molecule has 0 radical (unpaired) electrons. The second-order valence-corrected chi connectivity index (χ2v) is 2.39. The fourth-order valence-electron chi connectivity index (χ4n) is 0.552. The summed E-state index contributed by atoms with van der Waals surface area (Å²) in [7, 11) is 0. The summed E-state index contributed by atoms with van der Waals surface area (Å²) in [6.07, 6.45) is 0.541. The van der Waals surface area contributed by atoms with Crippen LogP contribution in [0.2, 0.25) is 0 Å². The topological polar surface area (TPSA) is 74.6 Å². The van der Waals surface area contributed by atoms with Crippen molar-refractivity contribution in [3.05, 3.63) is 0 Å². The van der Waals surface area contributed by atoms with Crippen LogP contribution in [0.15, 0.2) is 0 Å². The number of hydrogen-bond donors (Lipinski definition) is 2. The summed E-state index contributed by atoms with van der Waals surface area (Å²) in [6.45, 7) is 0. The Bertz CT molecular complexity index is 288. The summed E-state index contributed by atoms with van der Waals surface area (Å²) in [4.78, 5) is 20.1. The van der Waals surface area contributed by atoms with E-state index in [-0.39, 0.29) is 25.7 Å². The molecule has 0 atom stereocenters. The third-order valence-electron chi connectivity index (χ3n) is 1.17. The van der Waals surface area contributed by atoms with Crippen molar-refractivity contribution < 1.29 is 19.8 Å². The molecule has 4 nitrogen and oxygen atoms in total. The molecule has 0 aromatic carbocycles. The van der Waals surface area contributed by atoms with Crippen LogP contribution < -0.4 is 0 Å². The normalized spacial score (nSPS) is 7.71. The Labute approximate surface area is 81.9 Å². The lowest BCUT2D eigenvalue weighted by Gasteiger charge is -1.82. The van der Waals surface area contributed by atoms with Crippen molar-refractivity contribution in [1.29, 1.82) is 0 Å². The molecule has 14 heavy (non-hydrogen) atoms. The predicted molar refractivity (Wildman–Crippen MR) is 49.3 cm³/mol. The lowest BCUT2D eigenvalue weighted by molar-refractivity contribution is -0.137. The van der Waals surface area contributed by atoms with Crippen LogP contribution in [0.1, 0.15) is 25.7 Å². The Morgan fingerprint density at radius 2 is 1.21 bits per heavy atom. The number of carbonyl (C=O) groups is 2. The highest BCUT2D eigenvalue weighted by atomic mass is 16.4. The molecule has 0 aromatic heterocycles. The molecule has 0 rings (SSSR count). The van der Waals surface area contributed by atoms with Gasteiger partial charge in [-0.1, -0.05) is 11.8 Å². The molecule has 0 aromatic rings. The summed E-state index contributed by atoms with van der Waals surface area (Å²) in [6, 6.07) is 0. The van der Waals surface area contributed by atoms with Gasteiger partial charge in [-0.3, -0.25) is 9.59 Å². The molecule has 0 heterocycles. The maximum atomic E-state index is 10.0. The minimum atomic E-state index is -0.891. The Morgan fingerprint density at radius 3 is 1.50 bits per heavy atom. The summed E-state index contributed by atoms with van der Waals surface area (Å²) in [5.74, 6) is 8.22. The molecule has 0 saturated heterocycles. The molecule has 4 heteroatoms. The third kappa shape index (κ3) is 10.1. The fourth-order valence-corrected chi connectivity index (χ4v) is 0.552. The molecule has 0 bridgehead atoms. The first-order valence-electron chi connectivity index (χ1n) is 4.02. The van der Waals surface area contributed by atoms with Gasteiger partial charge in [-0.2, -0.15) is 0 Å². The quantitative estimate of drug-likeness (QED) is 0.647. The van der Waals surface area contributed by atoms with Gasteiger partial charge in [0.1, 0.15) is 0 Å². The molecule has 0 aliphatic carbocycles. The van der Waals surface area contributed by atoms with Crippen molar-refractivity contribution in [2.75, 3.05) is 0 Å². The minimum absolute atomic E-state index is 0.00378. The molecule has 0 unspecified atom stereocenters. The minimum Gasteiger partial charge on any atom is -0.481 e. The van der Waals surface area contributed by atoms with E-state index in [1.807, 2.05) is 0 Å². The van der Waals surface area contributed by atoms with Gasteiger partial charge in [-0.25, -0.2) is 0 Å². The van der Waals surface area contributed by atoms with Crippen molar-refractivity contribution in [2.24, 2.45) is 0 Å². The zero-order chi connectivity index (χ0) is 10.8. The van der Waals surface area contributed by atoms with E-state index in [1.54, 1.807) is 0 Å². The number of carboxylic acid groups (broad SMARTS) is 2. The van der Waals surface area contributed by atoms with Gasteiger partial charge in [0.15, 0.2) is 0 Å². The van der Waals surface area contributed by atoms with Crippen LogP contribution in [0.3, 0.4) is 0 Å². The van der Waals surface area contributed by atoms with Gasteiger partial charge in [0.25, 0.3) is 0 Å². The molecule has 0 aliphatic heterocycles. The molecule has 74 valence electrons. The van der Waals surface area contributed by atoms with E-state index in [0.29, 0.717) is 0 Å². The highest BCUT2D eigenvalue weighted by molar-refractivity contribution is 5.67. The van der Waals surface area contributed by atoms with E-state index in [2.05, 4.69) is 23.7 Å². The van der Waals surface area contributed by atoms with Crippen molar-refractivity contribution in [2.45, 2.75) is 25.7 Å². The Hall–Kier alpha value is -1.94. The summed E-state index contributed by atoms with van der Waals surface area (Å²) in [5, 5.41) is 16.5. The summed E-state index contributed by atoms with van der Waals surface area (Å²) >= 11 is 0. The number of carboxylic acids is 2. The Kier molecular flexibility index (Phi) is 6.63. The van der Waals surface area contributed by atoms with Gasteiger partial charge in [0.2, 0.25) is 0 Å². The molecule has 0 amide bonds. The van der Waals surface area contributed by atoms with Gasteiger partial charge in [0.05, 0.1) is 12.8 Å². The largest absolute Gasteiger partial charge is 0.481 e. The first-order valence-corrected chi connectivity index (χ1v) is 4.02. The first-order chi connectivity index (χ1) is 6.63. The molecule has 0 spiro atoms. The molecule has 0 aliphatic rings. The van der Waals surface area contributed by atoms with E-state index < -0.39 is 11.9 Å². The molecular weight excluding hydrogens is 184 g/mol. The van der Waals surface area contributed by atoms with Crippen LogP contribution in [0, 0.1) is 23.7 Å². The van der Waals surface area contributed by atoms with Crippen LogP contribution >= 0.6 is 0 Å². The lowest BCUT2D eigenvalue weighted by atomic mass is 10.3. The second kappa shape index (κ2) is 7.70. The predicted octanol–water partition coefficient (Wildman–Crippen LogP) is 0.723. The van der Waals surface area contributed by atoms with E-state index in [1.165, 1.54) is 0 Å². The number of rotatable bonds is 4. The Morgan fingerprint density at radius 1 is 0.857 bits per heavy atom. The van der Waals surface area contributed by atoms with E-state index in [4.69, 9.17) is 10.2 Å². The number of aliphatic carboxylic acids is 2.